The second kappa shape index (κ2) is 10.8. The molecule has 112 valence electrons. The van der Waals surface area contributed by atoms with E-state index in [-0.39, 0.29) is 11.9 Å². The predicted molar refractivity (Wildman–Crippen MR) is 72.9 cm³/mol. The molecular weight excluding hydrogens is 248 g/mol. The molecule has 19 heavy (non-hydrogen) atoms. The summed E-state index contributed by atoms with van der Waals surface area (Å²) in [6, 6.07) is 0. The molecule has 0 unspecified atom stereocenters. The van der Waals surface area contributed by atoms with Crippen LogP contribution in [0.15, 0.2) is 0 Å². The SMILES string of the molecule is COCCN(CCCC(=O)N(C)C)CCC(=O)OC. The molecule has 6 heteroatoms. The van der Waals surface area contributed by atoms with Gasteiger partial charge >= 0.3 is 5.97 Å². The van der Waals surface area contributed by atoms with Crippen LogP contribution in [-0.2, 0) is 19.1 Å². The van der Waals surface area contributed by atoms with Gasteiger partial charge in [0.15, 0.2) is 0 Å². The van der Waals surface area contributed by atoms with Crippen molar-refractivity contribution in [2.45, 2.75) is 19.3 Å². The predicted octanol–water partition coefficient (Wildman–Crippen LogP) is 0.366. The minimum atomic E-state index is -0.216. The topological polar surface area (TPSA) is 59.1 Å². The highest BCUT2D eigenvalue weighted by molar-refractivity contribution is 5.75. The first-order valence-corrected chi connectivity index (χ1v) is 6.49. The molecule has 0 aliphatic heterocycles. The number of esters is 1. The van der Waals surface area contributed by atoms with Crippen LogP contribution in [0.2, 0.25) is 0 Å². The zero-order valence-electron chi connectivity index (χ0n) is 12.5. The molecule has 0 aliphatic rings. The number of carbonyl (C=O) groups is 2. The van der Waals surface area contributed by atoms with E-state index in [1.54, 1.807) is 26.1 Å². The molecule has 0 rings (SSSR count). The molecule has 0 aromatic rings. The van der Waals surface area contributed by atoms with Crippen LogP contribution in [0.3, 0.4) is 0 Å². The number of hydrogen-bond donors (Lipinski definition) is 0. The van der Waals surface area contributed by atoms with Crippen LogP contribution in [0.1, 0.15) is 19.3 Å². The summed E-state index contributed by atoms with van der Waals surface area (Å²) in [6.07, 6.45) is 1.67. The maximum Gasteiger partial charge on any atom is 0.306 e. The molecule has 0 fully saturated rings. The van der Waals surface area contributed by atoms with Crippen LogP contribution in [0.4, 0.5) is 0 Å². The molecule has 0 bridgehead atoms. The van der Waals surface area contributed by atoms with Gasteiger partial charge in [0.1, 0.15) is 0 Å². The fraction of sp³-hybridized carbons (Fsp3) is 0.846. The Hall–Kier alpha value is -1.14. The lowest BCUT2D eigenvalue weighted by Gasteiger charge is -2.21. The molecule has 0 aromatic carbocycles. The maximum absolute atomic E-state index is 11.5. The van der Waals surface area contributed by atoms with Crippen molar-refractivity contribution in [3.05, 3.63) is 0 Å². The lowest BCUT2D eigenvalue weighted by Crippen LogP contribution is -2.32. The second-order valence-electron chi connectivity index (χ2n) is 4.55. The molecule has 0 saturated carbocycles. The fourth-order valence-corrected chi connectivity index (χ4v) is 1.58. The van der Waals surface area contributed by atoms with Gasteiger partial charge in [-0.1, -0.05) is 0 Å². The van der Waals surface area contributed by atoms with Gasteiger partial charge in [0.05, 0.1) is 20.1 Å². The number of carbonyl (C=O) groups excluding carboxylic acids is 2. The lowest BCUT2D eigenvalue weighted by molar-refractivity contribution is -0.141. The van der Waals surface area contributed by atoms with Gasteiger partial charge in [-0.25, -0.2) is 0 Å². The highest BCUT2D eigenvalue weighted by Crippen LogP contribution is 2.00. The minimum absolute atomic E-state index is 0.125. The van der Waals surface area contributed by atoms with Crippen LogP contribution >= 0.6 is 0 Å². The molecule has 0 aliphatic carbocycles. The zero-order valence-corrected chi connectivity index (χ0v) is 12.5. The molecule has 0 heterocycles. The number of amides is 1. The van der Waals surface area contributed by atoms with E-state index in [2.05, 4.69) is 9.64 Å². The summed E-state index contributed by atoms with van der Waals surface area (Å²) in [5.41, 5.74) is 0. The number of ether oxygens (including phenoxy) is 2. The molecule has 1 amide bonds. The summed E-state index contributed by atoms with van der Waals surface area (Å²) in [5, 5.41) is 0. The van der Waals surface area contributed by atoms with Gasteiger partial charge in [0.2, 0.25) is 5.91 Å². The van der Waals surface area contributed by atoms with Crippen LogP contribution in [0.25, 0.3) is 0 Å². The van der Waals surface area contributed by atoms with E-state index < -0.39 is 0 Å². The van der Waals surface area contributed by atoms with Crippen LogP contribution < -0.4 is 0 Å². The quantitative estimate of drug-likeness (QED) is 0.539. The monoisotopic (exact) mass is 274 g/mol. The maximum atomic E-state index is 11.5. The summed E-state index contributed by atoms with van der Waals surface area (Å²) in [4.78, 5) is 26.3. The third-order valence-corrected chi connectivity index (χ3v) is 2.84. The molecule has 0 spiro atoms. The van der Waals surface area contributed by atoms with Crippen molar-refractivity contribution < 1.29 is 19.1 Å². The van der Waals surface area contributed by atoms with Gasteiger partial charge in [-0.15, -0.1) is 0 Å². The average Bonchev–Trinajstić information content (AvgIpc) is 2.40. The molecule has 6 nitrogen and oxygen atoms in total. The Bertz CT molecular complexity index is 269. The van der Waals surface area contributed by atoms with E-state index in [9.17, 15) is 9.59 Å². The Morgan fingerprint density at radius 3 is 2.21 bits per heavy atom. The van der Waals surface area contributed by atoms with Gasteiger partial charge < -0.3 is 19.3 Å². The number of rotatable bonds is 10. The van der Waals surface area contributed by atoms with Crippen molar-refractivity contribution in [2.24, 2.45) is 0 Å². The van der Waals surface area contributed by atoms with Crippen LogP contribution in [-0.4, -0.2) is 76.2 Å². The van der Waals surface area contributed by atoms with Crippen molar-refractivity contribution in [3.8, 4) is 0 Å². The molecule has 0 N–H and O–H groups in total. The third-order valence-electron chi connectivity index (χ3n) is 2.84. The summed E-state index contributed by atoms with van der Waals surface area (Å²) in [7, 11) is 6.54. The molecular formula is C13H26N2O4. The number of nitrogens with zero attached hydrogens (tertiary/aromatic N) is 2. The Balaban J connectivity index is 3.98. The van der Waals surface area contributed by atoms with Gasteiger partial charge in [0, 0.05) is 40.7 Å². The number of methoxy groups -OCH3 is 2. The highest BCUT2D eigenvalue weighted by atomic mass is 16.5. The van der Waals surface area contributed by atoms with E-state index in [1.807, 2.05) is 0 Å². The first-order chi connectivity index (χ1) is 9.01. The highest BCUT2D eigenvalue weighted by Gasteiger charge is 2.10. The average molecular weight is 274 g/mol. The van der Waals surface area contributed by atoms with Crippen molar-refractivity contribution in [1.29, 1.82) is 0 Å². The van der Waals surface area contributed by atoms with E-state index in [0.717, 1.165) is 19.5 Å². The van der Waals surface area contributed by atoms with E-state index in [0.29, 0.717) is 26.0 Å². The Kier molecular flexibility index (Phi) is 10.1. The largest absolute Gasteiger partial charge is 0.469 e. The lowest BCUT2D eigenvalue weighted by atomic mass is 10.2. The standard InChI is InChI=1S/C13H26N2O4/c1-14(2)12(16)6-5-8-15(10-11-18-3)9-7-13(17)19-4/h5-11H2,1-4H3. The molecule has 0 saturated heterocycles. The second-order valence-corrected chi connectivity index (χ2v) is 4.55. The number of hydrogen-bond acceptors (Lipinski definition) is 5. The van der Waals surface area contributed by atoms with Gasteiger partial charge in [0.25, 0.3) is 0 Å². The fourth-order valence-electron chi connectivity index (χ4n) is 1.58. The van der Waals surface area contributed by atoms with Crippen molar-refractivity contribution >= 4 is 11.9 Å². The van der Waals surface area contributed by atoms with Crippen LogP contribution in [0.5, 0.6) is 0 Å². The van der Waals surface area contributed by atoms with Crippen molar-refractivity contribution in [1.82, 2.24) is 9.80 Å². The summed E-state index contributed by atoms with van der Waals surface area (Å²) in [5.74, 6) is -0.0913. The van der Waals surface area contributed by atoms with E-state index in [1.165, 1.54) is 7.11 Å². The van der Waals surface area contributed by atoms with E-state index in [4.69, 9.17) is 4.74 Å². The van der Waals surface area contributed by atoms with E-state index >= 15 is 0 Å². The minimum Gasteiger partial charge on any atom is -0.469 e. The first kappa shape index (κ1) is 17.9. The molecule has 0 aromatic heterocycles. The Morgan fingerprint density at radius 2 is 1.68 bits per heavy atom. The van der Waals surface area contributed by atoms with Gasteiger partial charge in [-0.05, 0) is 13.0 Å². The van der Waals surface area contributed by atoms with Gasteiger partial charge in [-0.2, -0.15) is 0 Å². The smallest absolute Gasteiger partial charge is 0.306 e. The molecule has 0 radical (unpaired) electrons. The summed E-state index contributed by atoms with van der Waals surface area (Å²) < 4.78 is 9.66. The summed E-state index contributed by atoms with van der Waals surface area (Å²) in [6.45, 7) is 2.78. The summed E-state index contributed by atoms with van der Waals surface area (Å²) >= 11 is 0. The van der Waals surface area contributed by atoms with Crippen molar-refractivity contribution in [2.75, 3.05) is 54.6 Å². The first-order valence-electron chi connectivity index (χ1n) is 6.49. The third kappa shape index (κ3) is 9.44. The van der Waals surface area contributed by atoms with Crippen molar-refractivity contribution in [3.63, 3.8) is 0 Å². The molecule has 0 atom stereocenters. The normalized spacial score (nSPS) is 10.6. The zero-order chi connectivity index (χ0) is 14.7. The Morgan fingerprint density at radius 1 is 1.00 bits per heavy atom. The van der Waals surface area contributed by atoms with Gasteiger partial charge in [-0.3, -0.25) is 9.59 Å². The Labute approximate surface area is 115 Å². The van der Waals surface area contributed by atoms with Crippen LogP contribution in [0, 0.1) is 0 Å².